The van der Waals surface area contributed by atoms with Gasteiger partial charge >= 0.3 is 0 Å². The number of nitrogens with zero attached hydrogens (tertiary/aromatic N) is 1. The Balaban J connectivity index is 1.50. The molecule has 1 amide bonds. The van der Waals surface area contributed by atoms with Gasteiger partial charge in [0, 0.05) is 22.4 Å². The van der Waals surface area contributed by atoms with Crippen LogP contribution in [0.1, 0.15) is 10.4 Å². The van der Waals surface area contributed by atoms with Gasteiger partial charge in [-0.05, 0) is 42.0 Å². The van der Waals surface area contributed by atoms with Crippen LogP contribution in [0.3, 0.4) is 0 Å². The van der Waals surface area contributed by atoms with Crippen LogP contribution in [0.15, 0.2) is 59.6 Å². The van der Waals surface area contributed by atoms with Crippen molar-refractivity contribution < 1.29 is 13.9 Å². The van der Waals surface area contributed by atoms with Crippen molar-refractivity contribution >= 4 is 34.1 Å². The molecule has 0 fully saturated rings. The van der Waals surface area contributed by atoms with Gasteiger partial charge in [-0.2, -0.15) is 0 Å². The van der Waals surface area contributed by atoms with Crippen LogP contribution in [0, 0.1) is 5.82 Å². The van der Waals surface area contributed by atoms with Crippen LogP contribution >= 0.6 is 23.1 Å². The van der Waals surface area contributed by atoms with Gasteiger partial charge in [-0.25, -0.2) is 9.37 Å². The van der Waals surface area contributed by atoms with Crippen LogP contribution < -0.4 is 10.1 Å². The number of aromatic nitrogens is 1. The highest BCUT2D eigenvalue weighted by Gasteiger charge is 2.08. The first-order valence-electron chi connectivity index (χ1n) is 7.88. The van der Waals surface area contributed by atoms with E-state index >= 15 is 0 Å². The van der Waals surface area contributed by atoms with Gasteiger partial charge in [0.25, 0.3) is 0 Å². The second-order valence-corrected chi connectivity index (χ2v) is 7.61. The molecule has 3 rings (SSSR count). The van der Waals surface area contributed by atoms with Gasteiger partial charge in [0.15, 0.2) is 5.13 Å². The molecule has 0 atom stereocenters. The quantitative estimate of drug-likeness (QED) is 0.601. The Kier molecular flexibility index (Phi) is 6.25. The number of anilines is 1. The summed E-state index contributed by atoms with van der Waals surface area (Å²) < 4.78 is 18.3. The summed E-state index contributed by atoms with van der Waals surface area (Å²) in [5.74, 6) is 0.714. The number of rotatable bonds is 7. The monoisotopic (exact) mass is 388 g/mol. The molecule has 0 aliphatic carbocycles. The van der Waals surface area contributed by atoms with Crippen molar-refractivity contribution in [1.82, 2.24) is 4.98 Å². The number of methoxy groups -OCH3 is 1. The first-order chi connectivity index (χ1) is 12.6. The number of hydrogen-bond acceptors (Lipinski definition) is 5. The average Bonchev–Trinajstić information content (AvgIpc) is 3.07. The number of carbonyl (C=O) groups excluding carboxylic acids is 1. The van der Waals surface area contributed by atoms with E-state index in [1.54, 1.807) is 19.4 Å². The van der Waals surface area contributed by atoms with Gasteiger partial charge in [0.1, 0.15) is 11.6 Å². The van der Waals surface area contributed by atoms with Crippen molar-refractivity contribution in [2.24, 2.45) is 0 Å². The third kappa shape index (κ3) is 5.31. The predicted octanol–water partition coefficient (Wildman–Crippen LogP) is 4.61. The van der Waals surface area contributed by atoms with Gasteiger partial charge < -0.3 is 10.1 Å². The minimum atomic E-state index is -0.254. The van der Waals surface area contributed by atoms with E-state index in [0.29, 0.717) is 17.3 Å². The molecule has 7 heteroatoms. The van der Waals surface area contributed by atoms with E-state index in [1.807, 2.05) is 30.3 Å². The smallest absolute Gasteiger partial charge is 0.236 e. The largest absolute Gasteiger partial charge is 0.497 e. The normalized spacial score (nSPS) is 10.5. The summed E-state index contributed by atoms with van der Waals surface area (Å²) in [4.78, 5) is 18.3. The Bertz CT molecular complexity index is 881. The minimum Gasteiger partial charge on any atom is -0.497 e. The highest BCUT2D eigenvalue weighted by Crippen LogP contribution is 2.24. The van der Waals surface area contributed by atoms with Crippen LogP contribution in [0.2, 0.25) is 0 Å². The molecule has 0 unspecified atom stereocenters. The van der Waals surface area contributed by atoms with Crippen molar-refractivity contribution in [3.05, 3.63) is 71.0 Å². The molecule has 1 aromatic heterocycles. The van der Waals surface area contributed by atoms with E-state index in [-0.39, 0.29) is 11.7 Å². The highest BCUT2D eigenvalue weighted by atomic mass is 32.2. The predicted molar refractivity (Wildman–Crippen MR) is 104 cm³/mol. The Labute approximate surface area is 159 Å². The molecule has 0 aliphatic heterocycles. The molecule has 0 aliphatic rings. The summed E-state index contributed by atoms with van der Waals surface area (Å²) in [6.45, 7) is 0. The molecule has 134 valence electrons. The number of thioether (sulfide) groups is 1. The van der Waals surface area contributed by atoms with Crippen LogP contribution in [-0.2, 0) is 11.2 Å². The zero-order valence-corrected chi connectivity index (χ0v) is 15.7. The highest BCUT2D eigenvalue weighted by molar-refractivity contribution is 8.00. The maximum absolute atomic E-state index is 13.2. The summed E-state index contributed by atoms with van der Waals surface area (Å²) in [6.07, 6.45) is 2.30. The van der Waals surface area contributed by atoms with E-state index < -0.39 is 0 Å². The zero-order valence-electron chi connectivity index (χ0n) is 14.1. The lowest BCUT2D eigenvalue weighted by molar-refractivity contribution is -0.113. The number of amides is 1. The van der Waals surface area contributed by atoms with Crippen LogP contribution in [0.5, 0.6) is 5.75 Å². The summed E-state index contributed by atoms with van der Waals surface area (Å²) in [6, 6.07) is 14.0. The van der Waals surface area contributed by atoms with Gasteiger partial charge in [0.05, 0.1) is 12.9 Å². The molecule has 0 bridgehead atoms. The number of thiazole rings is 1. The van der Waals surface area contributed by atoms with Crippen LogP contribution in [0.4, 0.5) is 9.52 Å². The number of ether oxygens (including phenoxy) is 1. The molecule has 4 nitrogen and oxygen atoms in total. The molecular formula is C19H17FN2O2S2. The van der Waals surface area contributed by atoms with E-state index in [2.05, 4.69) is 10.3 Å². The lowest BCUT2D eigenvalue weighted by atomic mass is 10.1. The minimum absolute atomic E-state index is 0.113. The third-order valence-electron chi connectivity index (χ3n) is 3.50. The lowest BCUT2D eigenvalue weighted by Gasteiger charge is -2.03. The standard InChI is InChI=1S/C19H17FN2O2S2/c1-24-15-5-7-16(8-6-15)25-12-18(23)22-19-21-11-17(26-19)10-13-3-2-4-14(20)9-13/h2-9,11H,10,12H2,1H3,(H,21,22,23). The number of halogens is 1. The van der Waals surface area contributed by atoms with Crippen molar-refractivity contribution in [3.63, 3.8) is 0 Å². The van der Waals surface area contributed by atoms with E-state index in [1.165, 1.54) is 35.2 Å². The Morgan fingerprint density at radius 1 is 1.27 bits per heavy atom. The Morgan fingerprint density at radius 3 is 2.81 bits per heavy atom. The fourth-order valence-electron chi connectivity index (χ4n) is 2.27. The summed E-state index contributed by atoms with van der Waals surface area (Å²) in [5, 5.41) is 3.35. The fraction of sp³-hybridized carbons (Fsp3) is 0.158. The van der Waals surface area contributed by atoms with Gasteiger partial charge in [-0.15, -0.1) is 23.1 Å². The number of benzene rings is 2. The SMILES string of the molecule is COc1ccc(SCC(=O)Nc2ncc(Cc3cccc(F)c3)s2)cc1. The lowest BCUT2D eigenvalue weighted by Crippen LogP contribution is -2.13. The third-order valence-corrected chi connectivity index (χ3v) is 5.42. The molecule has 3 aromatic rings. The molecule has 1 heterocycles. The van der Waals surface area contributed by atoms with Crippen LogP contribution in [0.25, 0.3) is 0 Å². The first-order valence-corrected chi connectivity index (χ1v) is 9.68. The van der Waals surface area contributed by atoms with Crippen LogP contribution in [-0.4, -0.2) is 23.8 Å². The maximum Gasteiger partial charge on any atom is 0.236 e. The van der Waals surface area contributed by atoms with Gasteiger partial charge in [0.2, 0.25) is 5.91 Å². The number of nitrogens with one attached hydrogen (secondary N) is 1. The zero-order chi connectivity index (χ0) is 18.4. The van der Waals surface area contributed by atoms with E-state index in [9.17, 15) is 9.18 Å². The van der Waals surface area contributed by atoms with Crippen molar-refractivity contribution in [1.29, 1.82) is 0 Å². The average molecular weight is 388 g/mol. The molecule has 26 heavy (non-hydrogen) atoms. The van der Waals surface area contributed by atoms with Crippen molar-refractivity contribution in [2.45, 2.75) is 11.3 Å². The maximum atomic E-state index is 13.2. The molecule has 0 spiro atoms. The summed E-state index contributed by atoms with van der Waals surface area (Å²) in [5.41, 5.74) is 0.876. The topological polar surface area (TPSA) is 51.2 Å². The first kappa shape index (κ1) is 18.4. The molecule has 1 N–H and O–H groups in total. The number of hydrogen-bond donors (Lipinski definition) is 1. The second kappa shape index (κ2) is 8.82. The Hall–Kier alpha value is -2.38. The molecule has 0 saturated carbocycles. The Morgan fingerprint density at radius 2 is 2.08 bits per heavy atom. The summed E-state index contributed by atoms with van der Waals surface area (Å²) >= 11 is 2.84. The summed E-state index contributed by atoms with van der Waals surface area (Å²) in [7, 11) is 1.62. The van der Waals surface area contributed by atoms with E-state index in [0.717, 1.165) is 21.1 Å². The molecule has 0 saturated heterocycles. The van der Waals surface area contributed by atoms with Gasteiger partial charge in [-0.1, -0.05) is 12.1 Å². The number of carbonyl (C=O) groups is 1. The molecular weight excluding hydrogens is 371 g/mol. The molecule has 0 radical (unpaired) electrons. The second-order valence-electron chi connectivity index (χ2n) is 5.45. The van der Waals surface area contributed by atoms with E-state index in [4.69, 9.17) is 4.74 Å². The fourth-order valence-corrected chi connectivity index (χ4v) is 3.83. The van der Waals surface area contributed by atoms with Crippen molar-refractivity contribution in [3.8, 4) is 5.75 Å². The van der Waals surface area contributed by atoms with Crippen molar-refractivity contribution in [2.75, 3.05) is 18.2 Å². The van der Waals surface area contributed by atoms with Gasteiger partial charge in [-0.3, -0.25) is 4.79 Å². The molecule has 2 aromatic carbocycles.